The maximum absolute atomic E-state index is 9.74. The highest BCUT2D eigenvalue weighted by Crippen LogP contribution is 2.36. The lowest BCUT2D eigenvalue weighted by molar-refractivity contribution is 0.721. The summed E-state index contributed by atoms with van der Waals surface area (Å²) >= 11 is 0. The number of nitrogens with zero attached hydrogens (tertiary/aromatic N) is 3. The van der Waals surface area contributed by atoms with Gasteiger partial charge in [0.25, 0.3) is 0 Å². The molecule has 1 aromatic heterocycles. The summed E-state index contributed by atoms with van der Waals surface area (Å²) in [5.74, 6) is 1.16. The summed E-state index contributed by atoms with van der Waals surface area (Å²) in [6, 6.07) is 24.2. The minimum atomic E-state index is 0.777. The molecular formula is C30H29N3. The minimum Gasteiger partial charge on any atom is -0.323 e. The van der Waals surface area contributed by atoms with Crippen molar-refractivity contribution in [2.45, 2.75) is 53.0 Å². The van der Waals surface area contributed by atoms with Crippen LogP contribution >= 0.6 is 0 Å². The third kappa shape index (κ3) is 3.76. The van der Waals surface area contributed by atoms with Crippen molar-refractivity contribution in [1.29, 1.82) is 5.26 Å². The summed E-state index contributed by atoms with van der Waals surface area (Å²) in [5, 5.41) is 9.74. The van der Waals surface area contributed by atoms with Crippen molar-refractivity contribution < 1.29 is 0 Å². The smallest absolute Gasteiger partial charge is 0.110 e. The molecule has 0 N–H and O–H groups in total. The van der Waals surface area contributed by atoms with Crippen LogP contribution in [0, 0.1) is 18.3 Å². The van der Waals surface area contributed by atoms with Crippen LogP contribution in [0.25, 0.3) is 16.6 Å². The largest absolute Gasteiger partial charge is 0.323 e. The maximum Gasteiger partial charge on any atom is 0.110 e. The molecule has 0 atom stereocenters. The summed E-state index contributed by atoms with van der Waals surface area (Å²) in [7, 11) is 0. The van der Waals surface area contributed by atoms with Gasteiger partial charge in [-0.1, -0.05) is 61.5 Å². The molecular weight excluding hydrogens is 402 g/mol. The van der Waals surface area contributed by atoms with Crippen LogP contribution in [-0.2, 0) is 25.8 Å². The Bertz CT molecular complexity index is 1430. The summed E-state index contributed by atoms with van der Waals surface area (Å²) in [5.41, 5.74) is 11.7. The van der Waals surface area contributed by atoms with Gasteiger partial charge in [-0.15, -0.1) is 0 Å². The molecule has 0 unspecified atom stereocenters. The molecule has 1 heterocycles. The van der Waals surface area contributed by atoms with Crippen LogP contribution in [0.1, 0.15) is 59.5 Å². The zero-order chi connectivity index (χ0) is 22.9. The molecule has 0 bridgehead atoms. The Morgan fingerprint density at radius 2 is 1.79 bits per heavy atom. The lowest BCUT2D eigenvalue weighted by Crippen LogP contribution is -2.06. The van der Waals surface area contributed by atoms with E-state index in [0.717, 1.165) is 54.7 Å². The first kappa shape index (κ1) is 21.2. The Balaban J connectivity index is 1.60. The van der Waals surface area contributed by atoms with Gasteiger partial charge in [-0.05, 0) is 72.6 Å². The summed E-state index contributed by atoms with van der Waals surface area (Å²) in [6.45, 7) is 7.10. The highest BCUT2D eigenvalue weighted by Gasteiger charge is 2.21. The topological polar surface area (TPSA) is 41.6 Å². The fourth-order valence-electron chi connectivity index (χ4n) is 5.16. The van der Waals surface area contributed by atoms with Gasteiger partial charge in [0, 0.05) is 24.1 Å². The first-order valence-corrected chi connectivity index (χ1v) is 11.9. The Labute approximate surface area is 196 Å². The number of rotatable bonds is 4. The molecule has 3 heteroatoms. The van der Waals surface area contributed by atoms with Crippen LogP contribution in [0.4, 0.5) is 0 Å². The van der Waals surface area contributed by atoms with Crippen molar-refractivity contribution in [3.05, 3.63) is 105 Å². The number of hydrogen-bond donors (Lipinski definition) is 0. The average molecular weight is 432 g/mol. The van der Waals surface area contributed by atoms with Crippen molar-refractivity contribution in [1.82, 2.24) is 9.55 Å². The van der Waals surface area contributed by atoms with Gasteiger partial charge in [-0.2, -0.15) is 5.26 Å². The number of para-hydroxylation sites is 1. The standard InChI is InChI=1S/C30H29N3/c1-4-8-28-32-30-20(2)9-7-12-27(30)33(28)19-22-13-16-26-24(17-22)15-14-23-10-5-6-11-25(23)29(26)21(3)18-31/h5-7,9-13,16-17H,4,8,14-15,19H2,1-3H3. The number of hydrogen-bond acceptors (Lipinski definition) is 2. The average Bonchev–Trinajstić information content (AvgIpc) is 3.08. The minimum absolute atomic E-state index is 0.777. The van der Waals surface area contributed by atoms with Gasteiger partial charge in [0.15, 0.2) is 0 Å². The fourth-order valence-corrected chi connectivity index (χ4v) is 5.16. The van der Waals surface area contributed by atoms with Crippen molar-refractivity contribution in [2.75, 3.05) is 0 Å². The monoisotopic (exact) mass is 431 g/mol. The molecule has 0 amide bonds. The van der Waals surface area contributed by atoms with E-state index in [4.69, 9.17) is 4.98 Å². The van der Waals surface area contributed by atoms with E-state index in [1.165, 1.54) is 38.9 Å². The molecule has 4 aromatic rings. The highest BCUT2D eigenvalue weighted by molar-refractivity contribution is 5.87. The fraction of sp³-hybridized carbons (Fsp3) is 0.267. The Hall–Kier alpha value is -3.64. The van der Waals surface area contributed by atoms with Gasteiger partial charge < -0.3 is 4.57 Å². The lowest BCUT2D eigenvalue weighted by Gasteiger charge is -2.15. The van der Waals surface area contributed by atoms with E-state index in [9.17, 15) is 5.26 Å². The number of benzene rings is 3. The predicted octanol–water partition coefficient (Wildman–Crippen LogP) is 6.79. The summed E-state index contributed by atoms with van der Waals surface area (Å²) in [4.78, 5) is 4.99. The van der Waals surface area contributed by atoms with Crippen LogP contribution in [0.5, 0.6) is 0 Å². The molecule has 1 aliphatic rings. The molecule has 0 saturated heterocycles. The quantitative estimate of drug-likeness (QED) is 0.334. The van der Waals surface area contributed by atoms with Crippen LogP contribution in [0.15, 0.2) is 66.2 Å². The highest BCUT2D eigenvalue weighted by atomic mass is 15.1. The van der Waals surface area contributed by atoms with E-state index in [0.29, 0.717) is 0 Å². The van der Waals surface area contributed by atoms with Gasteiger partial charge in [0.05, 0.1) is 17.1 Å². The van der Waals surface area contributed by atoms with Crippen molar-refractivity contribution in [2.24, 2.45) is 0 Å². The maximum atomic E-state index is 9.74. The van der Waals surface area contributed by atoms with E-state index in [1.54, 1.807) is 0 Å². The van der Waals surface area contributed by atoms with Gasteiger partial charge in [0.2, 0.25) is 0 Å². The lowest BCUT2D eigenvalue weighted by atomic mass is 9.90. The summed E-state index contributed by atoms with van der Waals surface area (Å²) < 4.78 is 2.39. The first-order valence-electron chi connectivity index (χ1n) is 11.9. The van der Waals surface area contributed by atoms with E-state index < -0.39 is 0 Å². The zero-order valence-corrected chi connectivity index (χ0v) is 19.7. The molecule has 0 radical (unpaired) electrons. The van der Waals surface area contributed by atoms with Crippen molar-refractivity contribution >= 4 is 16.6 Å². The van der Waals surface area contributed by atoms with E-state index in [2.05, 4.69) is 85.1 Å². The molecule has 0 saturated carbocycles. The SMILES string of the molecule is CCCc1nc2c(C)cccc2n1Cc1ccc2c(c1)CCc1ccccc1C2=C(C)C#N. The number of allylic oxidation sites excluding steroid dienone is 1. The third-order valence-electron chi connectivity index (χ3n) is 6.81. The predicted molar refractivity (Wildman–Crippen MR) is 135 cm³/mol. The van der Waals surface area contributed by atoms with Gasteiger partial charge in [-0.25, -0.2) is 4.98 Å². The Kier molecular flexibility index (Phi) is 5.60. The van der Waals surface area contributed by atoms with Gasteiger partial charge >= 0.3 is 0 Å². The molecule has 164 valence electrons. The van der Waals surface area contributed by atoms with E-state index >= 15 is 0 Å². The second-order valence-corrected chi connectivity index (χ2v) is 9.07. The van der Waals surface area contributed by atoms with Crippen LogP contribution in [0.3, 0.4) is 0 Å². The van der Waals surface area contributed by atoms with Gasteiger partial charge in [0.1, 0.15) is 5.82 Å². The third-order valence-corrected chi connectivity index (χ3v) is 6.81. The Morgan fingerprint density at radius 1 is 1.00 bits per heavy atom. The van der Waals surface area contributed by atoms with Crippen LogP contribution in [0.2, 0.25) is 0 Å². The molecule has 33 heavy (non-hydrogen) atoms. The molecule has 1 aliphatic carbocycles. The van der Waals surface area contributed by atoms with Crippen LogP contribution in [-0.4, -0.2) is 9.55 Å². The Morgan fingerprint density at radius 3 is 2.61 bits per heavy atom. The zero-order valence-electron chi connectivity index (χ0n) is 19.7. The normalized spacial score (nSPS) is 14.4. The van der Waals surface area contributed by atoms with E-state index in [1.807, 2.05) is 6.92 Å². The summed E-state index contributed by atoms with van der Waals surface area (Å²) in [6.07, 6.45) is 4.02. The number of nitriles is 1. The van der Waals surface area contributed by atoms with E-state index in [-0.39, 0.29) is 0 Å². The molecule has 5 rings (SSSR count). The number of aromatic nitrogens is 2. The number of imidazole rings is 1. The second-order valence-electron chi connectivity index (χ2n) is 9.07. The molecule has 0 fully saturated rings. The van der Waals surface area contributed by atoms with Gasteiger partial charge in [-0.3, -0.25) is 0 Å². The number of fused-ring (bicyclic) bond motifs is 3. The van der Waals surface area contributed by atoms with Crippen LogP contribution < -0.4 is 0 Å². The molecule has 3 nitrogen and oxygen atoms in total. The van der Waals surface area contributed by atoms with Crippen molar-refractivity contribution in [3.63, 3.8) is 0 Å². The van der Waals surface area contributed by atoms with Crippen molar-refractivity contribution in [3.8, 4) is 6.07 Å². The second kappa shape index (κ2) is 8.71. The number of aryl methyl sites for hydroxylation is 4. The molecule has 0 aliphatic heterocycles. The first-order chi connectivity index (χ1) is 16.1. The molecule has 3 aromatic carbocycles. The molecule has 0 spiro atoms.